The number of pyridine rings is 1. The number of anilines is 1. The topological polar surface area (TPSA) is 98.8 Å². The summed E-state index contributed by atoms with van der Waals surface area (Å²) in [7, 11) is 2.64. The lowest BCUT2D eigenvalue weighted by molar-refractivity contribution is -0.0493. The highest BCUT2D eigenvalue weighted by Crippen LogP contribution is 2.44. The van der Waals surface area contributed by atoms with Crippen molar-refractivity contribution in [3.8, 4) is 22.8 Å². The maximum atomic E-state index is 14.4. The Balaban J connectivity index is 1.45. The summed E-state index contributed by atoms with van der Waals surface area (Å²) in [4.78, 5) is 22.4. The minimum atomic E-state index is -3.13. The molecule has 228 valence electrons. The molecule has 1 aromatic heterocycles. The lowest BCUT2D eigenvalue weighted by Crippen LogP contribution is -2.29. The normalized spacial score (nSPS) is 16.8. The van der Waals surface area contributed by atoms with Gasteiger partial charge in [-0.3, -0.25) is 9.79 Å². The molecule has 0 spiro atoms. The van der Waals surface area contributed by atoms with Gasteiger partial charge in [0, 0.05) is 52.5 Å². The zero-order chi connectivity index (χ0) is 30.8. The molecule has 3 N–H and O–H groups in total. The molecule has 5 rings (SSSR count). The highest BCUT2D eigenvalue weighted by atomic mass is 35.5. The molecule has 7 nitrogen and oxygen atoms in total. The van der Waals surface area contributed by atoms with Gasteiger partial charge >= 0.3 is 6.61 Å². The molecule has 1 saturated carbocycles. The monoisotopic (exact) mass is 636 g/mol. The molecule has 43 heavy (non-hydrogen) atoms. The maximum absolute atomic E-state index is 14.4. The Morgan fingerprint density at radius 3 is 2.77 bits per heavy atom. The quantitative estimate of drug-likeness (QED) is 0.0801. The van der Waals surface area contributed by atoms with Gasteiger partial charge in [-0.1, -0.05) is 18.5 Å². The van der Waals surface area contributed by atoms with Crippen molar-refractivity contribution >= 4 is 38.6 Å². The van der Waals surface area contributed by atoms with Crippen LogP contribution in [0.3, 0.4) is 0 Å². The van der Waals surface area contributed by atoms with Crippen LogP contribution in [0, 0.1) is 11.6 Å². The molecule has 1 aliphatic carbocycles. The third-order valence-electron chi connectivity index (χ3n) is 7.39. The summed E-state index contributed by atoms with van der Waals surface area (Å²) in [5.41, 5.74) is 8.29. The van der Waals surface area contributed by atoms with Crippen molar-refractivity contribution in [3.05, 3.63) is 69.4 Å². The fourth-order valence-corrected chi connectivity index (χ4v) is 5.50. The molecule has 2 aromatic carbocycles. The van der Waals surface area contributed by atoms with E-state index < -0.39 is 29.2 Å². The van der Waals surface area contributed by atoms with Gasteiger partial charge in [0.1, 0.15) is 17.2 Å². The van der Waals surface area contributed by atoms with Crippen LogP contribution in [-0.2, 0) is 0 Å². The number of halogens is 5. The Morgan fingerprint density at radius 1 is 1.30 bits per heavy atom. The van der Waals surface area contributed by atoms with Crippen LogP contribution in [0.25, 0.3) is 11.3 Å². The van der Waals surface area contributed by atoms with E-state index in [4.69, 9.17) is 27.1 Å². The van der Waals surface area contributed by atoms with E-state index >= 15 is 0 Å². The molecule has 1 amide bonds. The van der Waals surface area contributed by atoms with Crippen LogP contribution >= 0.6 is 20.8 Å². The molecule has 1 fully saturated rings. The van der Waals surface area contributed by atoms with Crippen molar-refractivity contribution in [1.29, 1.82) is 0 Å². The Bertz CT molecular complexity index is 1570. The zero-order valence-electron chi connectivity index (χ0n) is 23.2. The Labute approximate surface area is 253 Å². The lowest BCUT2D eigenvalue weighted by atomic mass is 9.94. The summed E-state index contributed by atoms with van der Waals surface area (Å²) >= 11 is 6.20. The van der Waals surface area contributed by atoms with Crippen LogP contribution in [0.1, 0.15) is 65.2 Å². The van der Waals surface area contributed by atoms with E-state index in [1.807, 2.05) is 13.0 Å². The molecular weight excluding hydrogens is 607 g/mol. The molecule has 3 atom stereocenters. The molecule has 0 radical (unpaired) electrons. The molecule has 3 aromatic rings. The number of aliphatic imine (C=N–C) groups is 1. The van der Waals surface area contributed by atoms with Crippen molar-refractivity contribution in [2.75, 3.05) is 25.0 Å². The fourth-order valence-electron chi connectivity index (χ4n) is 4.85. The molecule has 0 bridgehead atoms. The van der Waals surface area contributed by atoms with Crippen molar-refractivity contribution < 1.29 is 31.8 Å². The Hall–Kier alpha value is -3.43. The number of alkyl halides is 2. The van der Waals surface area contributed by atoms with E-state index in [1.165, 1.54) is 24.4 Å². The van der Waals surface area contributed by atoms with E-state index in [-0.39, 0.29) is 52.7 Å². The van der Waals surface area contributed by atoms with Gasteiger partial charge in [0.2, 0.25) is 0 Å². The van der Waals surface area contributed by atoms with Crippen molar-refractivity contribution in [3.63, 3.8) is 0 Å². The summed E-state index contributed by atoms with van der Waals surface area (Å²) in [6, 6.07) is 7.05. The summed E-state index contributed by atoms with van der Waals surface area (Å²) in [5, 5.41) is 2.46. The summed E-state index contributed by atoms with van der Waals surface area (Å²) in [5.74, 6) is -2.95. The lowest BCUT2D eigenvalue weighted by Gasteiger charge is -2.20. The predicted octanol–water partition coefficient (Wildman–Crippen LogP) is 6.72. The number of carbonyl (C=O) groups excluding carboxylic acids is 1. The van der Waals surface area contributed by atoms with Crippen LogP contribution in [-0.4, -0.2) is 49.1 Å². The molecule has 13 heteroatoms. The van der Waals surface area contributed by atoms with E-state index in [1.54, 1.807) is 0 Å². The zero-order valence-corrected chi connectivity index (χ0v) is 25.1. The van der Waals surface area contributed by atoms with Crippen molar-refractivity contribution in [1.82, 2.24) is 10.3 Å². The molecular formula is C30H30ClF4N4O3P. The smallest absolute Gasteiger partial charge is 0.387 e. The van der Waals surface area contributed by atoms with Gasteiger partial charge in [-0.25, -0.2) is 13.8 Å². The van der Waals surface area contributed by atoms with Crippen molar-refractivity contribution in [2.24, 2.45) is 4.99 Å². The number of amides is 1. The van der Waals surface area contributed by atoms with Gasteiger partial charge in [-0.15, -0.1) is 9.24 Å². The second kappa shape index (κ2) is 13.1. The molecule has 1 aliphatic heterocycles. The highest BCUT2D eigenvalue weighted by Gasteiger charge is 2.30. The van der Waals surface area contributed by atoms with Crippen LogP contribution in [0.2, 0.25) is 5.02 Å². The largest absolute Gasteiger partial charge is 0.490 e. The average Bonchev–Trinajstić information content (AvgIpc) is 3.74. The first-order chi connectivity index (χ1) is 20.6. The van der Waals surface area contributed by atoms with Crippen LogP contribution in [0.5, 0.6) is 11.5 Å². The third kappa shape index (κ3) is 6.88. The molecule has 2 heterocycles. The number of hydrogen-bond donors (Lipinski definition) is 2. The number of ether oxygens (including phenoxy) is 2. The average molecular weight is 637 g/mol. The van der Waals surface area contributed by atoms with Crippen LogP contribution in [0.4, 0.5) is 23.2 Å². The number of aromatic nitrogens is 1. The van der Waals surface area contributed by atoms with Crippen molar-refractivity contribution in [2.45, 2.75) is 50.7 Å². The molecule has 3 unspecified atom stereocenters. The second-order valence-corrected chi connectivity index (χ2v) is 11.6. The SMILES string of the molecule is CC1COc2c1cc(C(CCP)CNC(=O)c1cc(C=NC3CC3)c(N)c(OC(F)F)c1)nc2-c1ccc(F)c(F)c1Cl. The van der Waals surface area contributed by atoms with Gasteiger partial charge < -0.3 is 20.5 Å². The summed E-state index contributed by atoms with van der Waals surface area (Å²) in [6.45, 7) is -0.634. The summed E-state index contributed by atoms with van der Waals surface area (Å²) < 4.78 is 64.9. The number of nitrogens with two attached hydrogens (primary N) is 1. The van der Waals surface area contributed by atoms with Crippen LogP contribution < -0.4 is 20.5 Å². The predicted molar refractivity (Wildman–Crippen MR) is 161 cm³/mol. The number of fused-ring (bicyclic) bond motifs is 1. The number of nitrogens with zero attached hydrogens (tertiary/aromatic N) is 2. The van der Waals surface area contributed by atoms with E-state index in [0.29, 0.717) is 36.2 Å². The summed E-state index contributed by atoms with van der Waals surface area (Å²) in [6.07, 6.45) is 4.60. The molecule has 2 aliphatic rings. The van der Waals surface area contributed by atoms with Gasteiger partial charge in [0.25, 0.3) is 5.91 Å². The number of rotatable bonds is 11. The van der Waals surface area contributed by atoms with Crippen LogP contribution in [0.15, 0.2) is 35.3 Å². The van der Waals surface area contributed by atoms with Gasteiger partial charge in [-0.2, -0.15) is 8.78 Å². The first-order valence-corrected chi connectivity index (χ1v) is 15.0. The highest BCUT2D eigenvalue weighted by molar-refractivity contribution is 7.16. The first kappa shape index (κ1) is 31.0. The number of nitrogen functional groups attached to an aromatic ring is 1. The first-order valence-electron chi connectivity index (χ1n) is 13.8. The van der Waals surface area contributed by atoms with E-state index in [2.05, 4.69) is 24.3 Å². The number of carbonyl (C=O) groups is 1. The number of benzene rings is 2. The van der Waals surface area contributed by atoms with E-state index in [9.17, 15) is 22.4 Å². The molecule has 0 saturated heterocycles. The second-order valence-electron chi connectivity index (χ2n) is 10.6. The van der Waals surface area contributed by atoms with E-state index in [0.717, 1.165) is 24.5 Å². The minimum Gasteiger partial charge on any atom is -0.490 e. The Morgan fingerprint density at radius 2 is 2.07 bits per heavy atom. The third-order valence-corrected chi connectivity index (χ3v) is 8.09. The fraction of sp³-hybridized carbons (Fsp3) is 0.367. The van der Waals surface area contributed by atoms with Gasteiger partial charge in [-0.05, 0) is 55.8 Å². The van der Waals surface area contributed by atoms with Gasteiger partial charge in [0.15, 0.2) is 11.6 Å². The number of hydrogen-bond acceptors (Lipinski definition) is 6. The van der Waals surface area contributed by atoms with Gasteiger partial charge in [0.05, 0.1) is 23.4 Å². The standard InChI is InChI=1S/C30H30ClF4N4O3P/c1-14-13-41-28-20(14)10-22(39-27(28)19-4-5-21(32)25(33)24(19)31)15(6-7-43)11-38-29(40)16-8-17(12-37-18-2-3-18)26(36)23(9-16)42-30(34)35/h4-5,8-10,12,14-15,18,30H,2-3,6-7,11,13,36,43H2,1H3,(H,38,40). The minimum absolute atomic E-state index is 0.00423. The number of nitrogens with one attached hydrogen (secondary N) is 1. The Kier molecular flexibility index (Phi) is 9.42. The maximum Gasteiger partial charge on any atom is 0.387 e.